The summed E-state index contributed by atoms with van der Waals surface area (Å²) in [6, 6.07) is 0.243. The van der Waals surface area contributed by atoms with Gasteiger partial charge in [0.05, 0.1) is 0 Å². The molecule has 0 aliphatic heterocycles. The van der Waals surface area contributed by atoms with E-state index in [4.69, 9.17) is 5.14 Å². The third-order valence-corrected chi connectivity index (χ3v) is 1.95. The molecule has 0 bridgehead atoms. The Kier molecular flexibility index (Phi) is 9.64. The van der Waals surface area contributed by atoms with Crippen molar-refractivity contribution < 1.29 is 22.8 Å². The summed E-state index contributed by atoms with van der Waals surface area (Å²) in [5.74, 6) is 0. The second-order valence-corrected chi connectivity index (χ2v) is 4.89. The summed E-state index contributed by atoms with van der Waals surface area (Å²) < 4.78 is 14.7. The maximum Gasteiger partial charge on any atom is 2.00 e. The van der Waals surface area contributed by atoms with E-state index in [9.17, 15) is 4.21 Å². The van der Waals surface area contributed by atoms with E-state index < -0.39 is 9.92 Å². The van der Waals surface area contributed by atoms with Gasteiger partial charge in [-0.05, 0) is 0 Å². The zero-order valence-electron chi connectivity index (χ0n) is 8.43. The molecule has 1 aliphatic carbocycles. The molecule has 0 aromatic rings. The van der Waals surface area contributed by atoms with Gasteiger partial charge in [0, 0.05) is 12.3 Å². The molecule has 0 aromatic carbocycles. The van der Waals surface area contributed by atoms with Gasteiger partial charge >= 0.3 is 18.6 Å². The van der Waals surface area contributed by atoms with Gasteiger partial charge in [0.25, 0.3) is 0 Å². The summed E-state index contributed by atoms with van der Waals surface area (Å²) in [7, 11) is -2.33. The SMILES string of the molecule is CS(N)(=O)=NC1C[CH-]C1.C[CH-]C.[V+2]. The molecule has 0 spiro atoms. The van der Waals surface area contributed by atoms with Crippen LogP contribution in [0, 0.1) is 12.8 Å². The van der Waals surface area contributed by atoms with Crippen LogP contribution in [0.15, 0.2) is 4.36 Å². The predicted molar refractivity (Wildman–Crippen MR) is 53.7 cm³/mol. The standard InChI is InChI=1S/C5H11N2OS.C3H7.V/c1-9(6,8)7-5-3-2-4-5;1-3-2;/h2,5H,3-4H2,1H3,(H2,6,7,8);3H,1-2H3;/q2*-1;+2. The largest absolute Gasteiger partial charge is 2.00 e. The van der Waals surface area contributed by atoms with Gasteiger partial charge in [0.2, 0.25) is 0 Å². The molecule has 3 nitrogen and oxygen atoms in total. The summed E-state index contributed by atoms with van der Waals surface area (Å²) in [6.07, 6.45) is 7.47. The average molecular weight is 241 g/mol. The molecule has 1 radical (unpaired) electrons. The van der Waals surface area contributed by atoms with Crippen LogP contribution in [0.3, 0.4) is 0 Å². The molecule has 13 heavy (non-hydrogen) atoms. The van der Waals surface area contributed by atoms with Gasteiger partial charge in [-0.15, -0.1) is 0 Å². The molecular weight excluding hydrogens is 223 g/mol. The fourth-order valence-corrected chi connectivity index (χ4v) is 1.46. The van der Waals surface area contributed by atoms with Gasteiger partial charge < -0.3 is 12.8 Å². The molecule has 0 amide bonds. The molecule has 0 aromatic heterocycles. The molecule has 1 atom stereocenters. The van der Waals surface area contributed by atoms with Crippen molar-refractivity contribution in [3.05, 3.63) is 12.8 Å². The molecule has 1 rings (SSSR count). The van der Waals surface area contributed by atoms with Crippen LogP contribution >= 0.6 is 0 Å². The Morgan fingerprint density at radius 1 is 1.54 bits per heavy atom. The Balaban J connectivity index is 0. The van der Waals surface area contributed by atoms with Crippen LogP contribution in [0.5, 0.6) is 0 Å². The van der Waals surface area contributed by atoms with Crippen LogP contribution in [0.2, 0.25) is 0 Å². The Bertz CT molecular complexity index is 212. The summed E-state index contributed by atoms with van der Waals surface area (Å²) in [6.45, 7) is 4.00. The van der Waals surface area contributed by atoms with Crippen molar-refractivity contribution in [2.45, 2.75) is 32.7 Å². The molecule has 77 valence electrons. The third kappa shape index (κ3) is 10.4. The summed E-state index contributed by atoms with van der Waals surface area (Å²) in [5, 5.41) is 5.19. The van der Waals surface area contributed by atoms with Crippen LogP contribution < -0.4 is 5.14 Å². The van der Waals surface area contributed by atoms with E-state index in [-0.39, 0.29) is 24.6 Å². The van der Waals surface area contributed by atoms with Crippen molar-refractivity contribution in [2.24, 2.45) is 9.50 Å². The van der Waals surface area contributed by atoms with E-state index >= 15 is 0 Å². The van der Waals surface area contributed by atoms with Gasteiger partial charge in [-0.3, -0.25) is 0 Å². The zero-order chi connectivity index (χ0) is 9.61. The first-order valence-electron chi connectivity index (χ1n) is 4.04. The van der Waals surface area contributed by atoms with Crippen LogP contribution in [-0.4, -0.2) is 16.5 Å². The minimum absolute atomic E-state index is 0. The maximum atomic E-state index is 10.8. The molecule has 1 saturated carbocycles. The van der Waals surface area contributed by atoms with E-state index in [1.54, 1.807) is 0 Å². The number of nitrogens with two attached hydrogens (primary N) is 1. The number of nitrogens with zero attached hydrogens (tertiary/aromatic N) is 1. The van der Waals surface area contributed by atoms with Crippen molar-refractivity contribution in [1.29, 1.82) is 0 Å². The molecule has 2 N–H and O–H groups in total. The molecule has 1 fully saturated rings. The zero-order valence-corrected chi connectivity index (χ0v) is 10.6. The van der Waals surface area contributed by atoms with E-state index in [2.05, 4.69) is 10.8 Å². The van der Waals surface area contributed by atoms with E-state index in [0.29, 0.717) is 0 Å². The normalized spacial score (nSPS) is 19.7. The Morgan fingerprint density at radius 3 is 2.00 bits per heavy atom. The molecule has 1 unspecified atom stereocenters. The minimum atomic E-state index is -2.33. The van der Waals surface area contributed by atoms with Gasteiger partial charge in [-0.2, -0.15) is 26.7 Å². The second-order valence-electron chi connectivity index (χ2n) is 2.96. The van der Waals surface area contributed by atoms with Crippen LogP contribution in [0.4, 0.5) is 0 Å². The van der Waals surface area contributed by atoms with Crippen molar-refractivity contribution in [1.82, 2.24) is 0 Å². The topological polar surface area (TPSA) is 55.5 Å². The maximum absolute atomic E-state index is 10.8. The first-order valence-corrected chi connectivity index (χ1v) is 6.03. The van der Waals surface area contributed by atoms with Crippen LogP contribution in [0.25, 0.3) is 0 Å². The first-order chi connectivity index (χ1) is 5.49. The van der Waals surface area contributed by atoms with Crippen molar-refractivity contribution in [3.8, 4) is 0 Å². The fourth-order valence-electron chi connectivity index (χ4n) is 0.698. The number of hydrogen-bond donors (Lipinski definition) is 1. The van der Waals surface area contributed by atoms with Crippen molar-refractivity contribution in [2.75, 3.05) is 6.26 Å². The average Bonchev–Trinajstić information content (AvgIpc) is 1.79. The Morgan fingerprint density at radius 2 is 1.92 bits per heavy atom. The van der Waals surface area contributed by atoms with Crippen LogP contribution in [0.1, 0.15) is 26.7 Å². The molecule has 0 heterocycles. The van der Waals surface area contributed by atoms with Crippen molar-refractivity contribution in [3.63, 3.8) is 0 Å². The third-order valence-electron chi connectivity index (χ3n) is 1.24. The first kappa shape index (κ1) is 15.9. The molecule has 5 heteroatoms. The van der Waals surface area contributed by atoms with Crippen LogP contribution in [-0.2, 0) is 28.5 Å². The van der Waals surface area contributed by atoms with Gasteiger partial charge in [0.15, 0.2) is 0 Å². The smallest absolute Gasteiger partial charge is 0.335 e. The Hall–Kier alpha value is 0.494. The van der Waals surface area contributed by atoms with E-state index in [1.807, 2.05) is 20.3 Å². The van der Waals surface area contributed by atoms with E-state index in [0.717, 1.165) is 12.8 Å². The quantitative estimate of drug-likeness (QED) is 0.696. The van der Waals surface area contributed by atoms with Crippen molar-refractivity contribution >= 4 is 9.92 Å². The minimum Gasteiger partial charge on any atom is -0.335 e. The second kappa shape index (κ2) is 7.86. The van der Waals surface area contributed by atoms with Gasteiger partial charge in [-0.1, -0.05) is 0 Å². The summed E-state index contributed by atoms with van der Waals surface area (Å²) in [4.78, 5) is 0. The molecule has 1 aliphatic rings. The summed E-state index contributed by atoms with van der Waals surface area (Å²) >= 11 is 0. The Labute approximate surface area is 94.1 Å². The van der Waals surface area contributed by atoms with Gasteiger partial charge in [0.1, 0.15) is 9.92 Å². The monoisotopic (exact) mass is 241 g/mol. The molecular formula is C8H18N2OSV. The van der Waals surface area contributed by atoms with Gasteiger partial charge in [-0.25, -0.2) is 13.7 Å². The predicted octanol–water partition coefficient (Wildman–Crippen LogP) is 1.55. The van der Waals surface area contributed by atoms with E-state index in [1.165, 1.54) is 6.26 Å². The fraction of sp³-hybridized carbons (Fsp3) is 0.750. The molecule has 0 saturated heterocycles. The summed E-state index contributed by atoms with van der Waals surface area (Å²) in [5.41, 5.74) is 0. The number of rotatable bonds is 1. The number of hydrogen-bond acceptors (Lipinski definition) is 2.